The molecule has 2 N–H and O–H groups in total. The van der Waals surface area contributed by atoms with Gasteiger partial charge in [0.15, 0.2) is 0 Å². The Morgan fingerprint density at radius 2 is 2.40 bits per heavy atom. The van der Waals surface area contributed by atoms with Crippen LogP contribution in [-0.4, -0.2) is 17.3 Å². The number of thiophene rings is 1. The molecule has 1 heterocycles. The van der Waals surface area contributed by atoms with Gasteiger partial charge in [-0.2, -0.15) is 11.3 Å². The molecule has 3 heteroatoms. The fourth-order valence-electron chi connectivity index (χ4n) is 2.29. The summed E-state index contributed by atoms with van der Waals surface area (Å²) in [5, 5.41) is 17.5. The van der Waals surface area contributed by atoms with E-state index in [4.69, 9.17) is 0 Å². The minimum atomic E-state index is -0.0917. The van der Waals surface area contributed by atoms with Crippen molar-refractivity contribution in [3.05, 3.63) is 22.4 Å². The van der Waals surface area contributed by atoms with Gasteiger partial charge in [-0.15, -0.1) is 0 Å². The summed E-state index contributed by atoms with van der Waals surface area (Å²) in [6.07, 6.45) is 4.14. The maximum absolute atomic E-state index is 9.59. The highest BCUT2D eigenvalue weighted by Crippen LogP contribution is 2.22. The lowest BCUT2D eigenvalue weighted by molar-refractivity contribution is 0.109. The fraction of sp³-hybridized carbons (Fsp3) is 0.667. The van der Waals surface area contributed by atoms with Crippen LogP contribution in [0.2, 0.25) is 0 Å². The van der Waals surface area contributed by atoms with Crippen LogP contribution in [0, 0.1) is 0 Å². The zero-order valence-electron chi connectivity index (χ0n) is 9.15. The van der Waals surface area contributed by atoms with Crippen molar-refractivity contribution >= 4 is 11.3 Å². The fourth-order valence-corrected chi connectivity index (χ4v) is 3.04. The Bertz CT molecular complexity index is 286. The number of rotatable bonds is 3. The average molecular weight is 225 g/mol. The van der Waals surface area contributed by atoms with Crippen molar-refractivity contribution in [2.45, 2.75) is 50.8 Å². The highest BCUT2D eigenvalue weighted by atomic mass is 32.1. The third kappa shape index (κ3) is 3.03. The van der Waals surface area contributed by atoms with E-state index in [9.17, 15) is 5.11 Å². The van der Waals surface area contributed by atoms with E-state index < -0.39 is 0 Å². The Kier molecular flexibility index (Phi) is 3.78. The van der Waals surface area contributed by atoms with Gasteiger partial charge < -0.3 is 10.4 Å². The SMILES string of the molecule is CC(NC1CCCC(O)C1)c1ccsc1. The normalized spacial score (nSPS) is 28.9. The van der Waals surface area contributed by atoms with Crippen molar-refractivity contribution in [3.8, 4) is 0 Å². The monoisotopic (exact) mass is 225 g/mol. The van der Waals surface area contributed by atoms with E-state index in [0.29, 0.717) is 12.1 Å². The Labute approximate surface area is 95.3 Å². The molecule has 0 aromatic carbocycles. The minimum Gasteiger partial charge on any atom is -0.393 e. The largest absolute Gasteiger partial charge is 0.393 e. The van der Waals surface area contributed by atoms with Crippen molar-refractivity contribution in [2.24, 2.45) is 0 Å². The van der Waals surface area contributed by atoms with E-state index in [-0.39, 0.29) is 6.10 Å². The number of hydrogen-bond donors (Lipinski definition) is 2. The number of hydrogen-bond acceptors (Lipinski definition) is 3. The molecule has 84 valence electrons. The van der Waals surface area contributed by atoms with Crippen LogP contribution in [0.1, 0.15) is 44.2 Å². The molecule has 1 fully saturated rings. The summed E-state index contributed by atoms with van der Waals surface area (Å²) in [6.45, 7) is 2.20. The van der Waals surface area contributed by atoms with Crippen LogP contribution in [0.5, 0.6) is 0 Å². The third-order valence-electron chi connectivity index (χ3n) is 3.18. The molecule has 1 aromatic heterocycles. The molecular formula is C12H19NOS. The first kappa shape index (κ1) is 11.1. The second-order valence-electron chi connectivity index (χ2n) is 4.46. The van der Waals surface area contributed by atoms with Gasteiger partial charge in [0.25, 0.3) is 0 Å². The zero-order chi connectivity index (χ0) is 10.7. The summed E-state index contributed by atoms with van der Waals surface area (Å²) in [5.41, 5.74) is 1.36. The first-order chi connectivity index (χ1) is 7.25. The molecule has 1 aromatic rings. The van der Waals surface area contributed by atoms with Crippen LogP contribution in [0.25, 0.3) is 0 Å². The van der Waals surface area contributed by atoms with E-state index in [0.717, 1.165) is 19.3 Å². The molecule has 15 heavy (non-hydrogen) atoms. The van der Waals surface area contributed by atoms with Gasteiger partial charge in [0, 0.05) is 12.1 Å². The number of aliphatic hydroxyl groups excluding tert-OH is 1. The first-order valence-corrected chi connectivity index (χ1v) is 6.66. The maximum Gasteiger partial charge on any atom is 0.0555 e. The molecule has 2 nitrogen and oxygen atoms in total. The number of aliphatic hydroxyl groups is 1. The van der Waals surface area contributed by atoms with Crippen LogP contribution in [0.15, 0.2) is 16.8 Å². The van der Waals surface area contributed by atoms with Gasteiger partial charge >= 0.3 is 0 Å². The summed E-state index contributed by atoms with van der Waals surface area (Å²) < 4.78 is 0. The number of nitrogens with one attached hydrogen (secondary N) is 1. The van der Waals surface area contributed by atoms with E-state index in [1.807, 2.05) is 0 Å². The van der Waals surface area contributed by atoms with Crippen molar-refractivity contribution in [2.75, 3.05) is 0 Å². The quantitative estimate of drug-likeness (QED) is 0.829. The maximum atomic E-state index is 9.59. The smallest absolute Gasteiger partial charge is 0.0555 e. The summed E-state index contributed by atoms with van der Waals surface area (Å²) in [6, 6.07) is 3.07. The van der Waals surface area contributed by atoms with Gasteiger partial charge in [0.1, 0.15) is 0 Å². The second-order valence-corrected chi connectivity index (χ2v) is 5.24. The standard InChI is InChI=1S/C12H19NOS/c1-9(10-5-6-15-8-10)13-11-3-2-4-12(14)7-11/h5-6,8-9,11-14H,2-4,7H2,1H3. The second kappa shape index (κ2) is 5.10. The molecule has 0 amide bonds. The molecule has 0 saturated heterocycles. The molecule has 3 unspecified atom stereocenters. The summed E-state index contributed by atoms with van der Waals surface area (Å²) in [4.78, 5) is 0. The topological polar surface area (TPSA) is 32.3 Å². The molecule has 1 aliphatic carbocycles. The van der Waals surface area contributed by atoms with Crippen LogP contribution in [-0.2, 0) is 0 Å². The molecule has 1 aliphatic rings. The highest BCUT2D eigenvalue weighted by molar-refractivity contribution is 7.07. The van der Waals surface area contributed by atoms with Crippen LogP contribution in [0.4, 0.5) is 0 Å². The van der Waals surface area contributed by atoms with E-state index in [1.165, 1.54) is 12.0 Å². The van der Waals surface area contributed by atoms with Gasteiger partial charge in [0.2, 0.25) is 0 Å². The van der Waals surface area contributed by atoms with E-state index in [2.05, 4.69) is 29.1 Å². The van der Waals surface area contributed by atoms with Gasteiger partial charge in [0.05, 0.1) is 6.10 Å². The first-order valence-electron chi connectivity index (χ1n) is 5.72. The van der Waals surface area contributed by atoms with E-state index >= 15 is 0 Å². The summed E-state index contributed by atoms with van der Waals surface area (Å²) in [7, 11) is 0. The Morgan fingerprint density at radius 1 is 1.53 bits per heavy atom. The van der Waals surface area contributed by atoms with Crippen molar-refractivity contribution in [3.63, 3.8) is 0 Å². The molecule has 1 saturated carbocycles. The van der Waals surface area contributed by atoms with Crippen LogP contribution >= 0.6 is 11.3 Å². The lowest BCUT2D eigenvalue weighted by atomic mass is 9.92. The lowest BCUT2D eigenvalue weighted by Gasteiger charge is -2.29. The summed E-state index contributed by atoms with van der Waals surface area (Å²) in [5.74, 6) is 0. The Morgan fingerprint density at radius 3 is 3.07 bits per heavy atom. The Hall–Kier alpha value is -0.380. The van der Waals surface area contributed by atoms with Gasteiger partial charge in [-0.05, 0) is 55.0 Å². The predicted octanol–water partition coefficient (Wildman–Crippen LogP) is 2.70. The molecule has 0 radical (unpaired) electrons. The van der Waals surface area contributed by atoms with Gasteiger partial charge in [-0.3, -0.25) is 0 Å². The molecule has 2 rings (SSSR count). The van der Waals surface area contributed by atoms with Crippen molar-refractivity contribution in [1.29, 1.82) is 0 Å². The van der Waals surface area contributed by atoms with E-state index in [1.54, 1.807) is 11.3 Å². The summed E-state index contributed by atoms with van der Waals surface area (Å²) >= 11 is 1.74. The minimum absolute atomic E-state index is 0.0917. The third-order valence-corrected chi connectivity index (χ3v) is 3.88. The van der Waals surface area contributed by atoms with Gasteiger partial charge in [-0.1, -0.05) is 0 Å². The lowest BCUT2D eigenvalue weighted by Crippen LogP contribution is -2.37. The van der Waals surface area contributed by atoms with Crippen LogP contribution in [0.3, 0.4) is 0 Å². The van der Waals surface area contributed by atoms with Crippen LogP contribution < -0.4 is 5.32 Å². The van der Waals surface area contributed by atoms with Crippen molar-refractivity contribution < 1.29 is 5.11 Å². The van der Waals surface area contributed by atoms with Crippen molar-refractivity contribution in [1.82, 2.24) is 5.32 Å². The zero-order valence-corrected chi connectivity index (χ0v) is 9.96. The molecule has 0 bridgehead atoms. The molecule has 3 atom stereocenters. The van der Waals surface area contributed by atoms with Gasteiger partial charge in [-0.25, -0.2) is 0 Å². The molecule has 0 spiro atoms. The predicted molar refractivity (Wildman–Crippen MR) is 64.1 cm³/mol. The molecular weight excluding hydrogens is 206 g/mol. The average Bonchev–Trinajstić information content (AvgIpc) is 2.70. The highest BCUT2D eigenvalue weighted by Gasteiger charge is 2.21. The Balaban J connectivity index is 1.86. The molecule has 0 aliphatic heterocycles.